The van der Waals surface area contributed by atoms with Crippen LogP contribution in [0.5, 0.6) is 0 Å². The number of rotatable bonds is 10. The quantitative estimate of drug-likeness (QED) is 0.278. The van der Waals surface area contributed by atoms with Crippen LogP contribution in [0.3, 0.4) is 0 Å². The second kappa shape index (κ2) is 11.0. The molecule has 162 valence electrons. The van der Waals surface area contributed by atoms with Gasteiger partial charge in [0, 0.05) is 18.4 Å². The number of amides is 3. The summed E-state index contributed by atoms with van der Waals surface area (Å²) in [6, 6.07) is 0. The number of primary amides is 2. The molecule has 1 rings (SSSR count). The molecule has 0 saturated heterocycles. The van der Waals surface area contributed by atoms with E-state index in [-0.39, 0.29) is 30.1 Å². The van der Waals surface area contributed by atoms with Crippen molar-refractivity contribution in [1.29, 1.82) is 0 Å². The first-order valence-electron chi connectivity index (χ1n) is 8.22. The number of allylic oxidation sites excluding steroid dienone is 1. The SMILES string of the molecule is C/C=C(/CC(=O)NC(OC)(C(N)=O)C1NC(C(=O)O)=C(COC(N)=O)CS1)SC. The van der Waals surface area contributed by atoms with E-state index in [1.54, 1.807) is 19.3 Å². The molecule has 3 amide bonds. The molecule has 0 aromatic heterocycles. The van der Waals surface area contributed by atoms with Crippen molar-refractivity contribution in [1.82, 2.24) is 10.6 Å². The normalized spacial score (nSPS) is 19.0. The summed E-state index contributed by atoms with van der Waals surface area (Å²) in [6.07, 6.45) is 2.50. The van der Waals surface area contributed by atoms with Gasteiger partial charge in [0.2, 0.25) is 5.91 Å². The third-order valence-corrected chi connectivity index (χ3v) is 6.16. The maximum Gasteiger partial charge on any atom is 0.404 e. The van der Waals surface area contributed by atoms with Crippen LogP contribution in [-0.4, -0.2) is 65.8 Å². The van der Waals surface area contributed by atoms with Crippen molar-refractivity contribution in [3.05, 3.63) is 22.3 Å². The van der Waals surface area contributed by atoms with Crippen molar-refractivity contribution in [2.45, 2.75) is 24.4 Å². The monoisotopic (exact) mass is 448 g/mol. The van der Waals surface area contributed by atoms with E-state index in [1.165, 1.54) is 18.9 Å². The number of carbonyl (C=O) groups is 4. The maximum atomic E-state index is 12.5. The third kappa shape index (κ3) is 6.30. The lowest BCUT2D eigenvalue weighted by molar-refractivity contribution is -0.152. The number of aliphatic carboxylic acids is 1. The Bertz CT molecular complexity index is 741. The van der Waals surface area contributed by atoms with Crippen LogP contribution in [0.25, 0.3) is 0 Å². The fourth-order valence-electron chi connectivity index (χ4n) is 2.45. The molecule has 0 fully saturated rings. The van der Waals surface area contributed by atoms with Gasteiger partial charge in [-0.2, -0.15) is 0 Å². The molecule has 0 spiro atoms. The number of methoxy groups -OCH3 is 1. The van der Waals surface area contributed by atoms with Crippen molar-refractivity contribution in [2.75, 3.05) is 25.7 Å². The van der Waals surface area contributed by atoms with Gasteiger partial charge in [0.05, 0.1) is 6.42 Å². The Balaban J connectivity index is 3.16. The molecule has 2 unspecified atom stereocenters. The highest BCUT2D eigenvalue weighted by atomic mass is 32.2. The van der Waals surface area contributed by atoms with Gasteiger partial charge in [0.1, 0.15) is 17.7 Å². The van der Waals surface area contributed by atoms with Crippen LogP contribution in [0.4, 0.5) is 4.79 Å². The van der Waals surface area contributed by atoms with E-state index < -0.39 is 35.0 Å². The van der Waals surface area contributed by atoms with E-state index in [2.05, 4.69) is 15.4 Å². The zero-order valence-electron chi connectivity index (χ0n) is 16.1. The Labute approximate surface area is 176 Å². The van der Waals surface area contributed by atoms with E-state index in [0.717, 1.165) is 16.7 Å². The number of carbonyl (C=O) groups excluding carboxylic acids is 3. The fourth-order valence-corrected chi connectivity index (χ4v) is 4.27. The summed E-state index contributed by atoms with van der Waals surface area (Å²) in [6.45, 7) is 1.43. The first-order valence-corrected chi connectivity index (χ1v) is 10.5. The number of ether oxygens (including phenoxy) is 2. The highest BCUT2D eigenvalue weighted by molar-refractivity contribution is 8.02. The first kappa shape index (κ1) is 24.7. The second-order valence-corrected chi connectivity index (χ2v) is 7.74. The van der Waals surface area contributed by atoms with Gasteiger partial charge < -0.3 is 36.7 Å². The van der Waals surface area contributed by atoms with E-state index in [4.69, 9.17) is 16.2 Å². The fraction of sp³-hybridized carbons (Fsp3) is 0.500. The molecule has 0 radical (unpaired) electrons. The molecule has 7 N–H and O–H groups in total. The number of carboxylic acids is 1. The van der Waals surface area contributed by atoms with Crippen LogP contribution in [0.1, 0.15) is 13.3 Å². The molecule has 29 heavy (non-hydrogen) atoms. The number of hydrogen-bond donors (Lipinski definition) is 5. The Morgan fingerprint density at radius 2 is 2.07 bits per heavy atom. The highest BCUT2D eigenvalue weighted by Crippen LogP contribution is 2.31. The molecule has 1 aliphatic rings. The molecule has 0 aliphatic carbocycles. The number of hydrogen-bond acceptors (Lipinski definition) is 9. The standard InChI is InChI=1S/C16H24N4O7S2/c1-4-9(28-3)5-10(21)20-16(26-2,13(17)24)14-19-11(12(22)23)8(7-29-14)6-27-15(18)25/h4,14,19H,5-7H2,1-3H3,(H2,17,24)(H2,18,25)(H,20,21)(H,22,23)/b9-4-. The molecule has 0 saturated carbocycles. The lowest BCUT2D eigenvalue weighted by Gasteiger charge is -2.40. The molecular formula is C16H24N4O7S2. The molecule has 0 aromatic rings. The summed E-state index contributed by atoms with van der Waals surface area (Å²) >= 11 is 2.43. The van der Waals surface area contributed by atoms with E-state index in [9.17, 15) is 24.3 Å². The molecule has 0 aromatic carbocycles. The first-order chi connectivity index (χ1) is 13.6. The summed E-state index contributed by atoms with van der Waals surface area (Å²) < 4.78 is 9.94. The number of nitrogens with two attached hydrogens (primary N) is 2. The molecule has 0 bridgehead atoms. The second-order valence-electron chi connectivity index (χ2n) is 5.71. The van der Waals surface area contributed by atoms with Crippen molar-refractivity contribution < 1.29 is 33.8 Å². The van der Waals surface area contributed by atoms with Gasteiger partial charge >= 0.3 is 12.1 Å². The molecule has 2 atom stereocenters. The lowest BCUT2D eigenvalue weighted by Crippen LogP contribution is -2.69. The van der Waals surface area contributed by atoms with Crippen molar-refractivity contribution in [2.24, 2.45) is 11.5 Å². The van der Waals surface area contributed by atoms with Gasteiger partial charge in [-0.15, -0.1) is 23.5 Å². The maximum absolute atomic E-state index is 12.5. The van der Waals surface area contributed by atoms with Gasteiger partial charge in [0.25, 0.3) is 11.6 Å². The van der Waals surface area contributed by atoms with E-state index in [1.807, 2.05) is 0 Å². The van der Waals surface area contributed by atoms with Gasteiger partial charge in [-0.1, -0.05) is 6.08 Å². The predicted molar refractivity (Wildman–Crippen MR) is 109 cm³/mol. The van der Waals surface area contributed by atoms with Crippen LogP contribution < -0.4 is 22.1 Å². The minimum atomic E-state index is -2.02. The van der Waals surface area contributed by atoms with Crippen LogP contribution >= 0.6 is 23.5 Å². The Morgan fingerprint density at radius 3 is 2.52 bits per heavy atom. The molecule has 13 heteroatoms. The van der Waals surface area contributed by atoms with E-state index in [0.29, 0.717) is 0 Å². The summed E-state index contributed by atoms with van der Waals surface area (Å²) in [5.74, 6) is -2.82. The lowest BCUT2D eigenvalue weighted by atomic mass is 10.1. The smallest absolute Gasteiger partial charge is 0.404 e. The average molecular weight is 449 g/mol. The van der Waals surface area contributed by atoms with Crippen molar-refractivity contribution >= 4 is 47.4 Å². The predicted octanol–water partition coefficient (Wildman–Crippen LogP) is -0.316. The van der Waals surface area contributed by atoms with Crippen LogP contribution in [0, 0.1) is 0 Å². The van der Waals surface area contributed by atoms with Gasteiger partial charge in [-0.25, -0.2) is 9.59 Å². The Morgan fingerprint density at radius 1 is 1.41 bits per heavy atom. The molecule has 1 aliphatic heterocycles. The van der Waals surface area contributed by atoms with Gasteiger partial charge in [-0.05, 0) is 18.1 Å². The van der Waals surface area contributed by atoms with Crippen LogP contribution in [0.2, 0.25) is 0 Å². The molecule has 1 heterocycles. The summed E-state index contributed by atoms with van der Waals surface area (Å²) in [5.41, 5.74) is 8.34. The highest BCUT2D eigenvalue weighted by Gasteiger charge is 2.49. The number of nitrogens with one attached hydrogen (secondary N) is 2. The van der Waals surface area contributed by atoms with Gasteiger partial charge in [-0.3, -0.25) is 9.59 Å². The van der Waals surface area contributed by atoms with Crippen molar-refractivity contribution in [3.8, 4) is 0 Å². The van der Waals surface area contributed by atoms with Crippen LogP contribution in [0.15, 0.2) is 22.3 Å². The summed E-state index contributed by atoms with van der Waals surface area (Å²) in [7, 11) is 1.17. The number of carboxylic acid groups (broad SMARTS) is 1. The largest absolute Gasteiger partial charge is 0.477 e. The number of thioether (sulfide) groups is 2. The Hall–Kier alpha value is -2.38. The van der Waals surface area contributed by atoms with Gasteiger partial charge in [0.15, 0.2) is 0 Å². The minimum absolute atomic E-state index is 0.00717. The van der Waals surface area contributed by atoms with E-state index >= 15 is 0 Å². The van der Waals surface area contributed by atoms with Crippen LogP contribution in [-0.2, 0) is 23.9 Å². The minimum Gasteiger partial charge on any atom is -0.477 e. The van der Waals surface area contributed by atoms with Crippen molar-refractivity contribution in [3.63, 3.8) is 0 Å². The topological polar surface area (TPSA) is 183 Å². The summed E-state index contributed by atoms with van der Waals surface area (Å²) in [4.78, 5) is 47.9. The Kier molecular flexibility index (Phi) is 9.33. The average Bonchev–Trinajstić information content (AvgIpc) is 2.68. The molecular weight excluding hydrogens is 424 g/mol. The molecule has 11 nitrogen and oxygen atoms in total. The third-order valence-electron chi connectivity index (χ3n) is 3.96. The zero-order valence-corrected chi connectivity index (χ0v) is 17.8. The zero-order chi connectivity index (χ0) is 22.2. The summed E-state index contributed by atoms with van der Waals surface area (Å²) in [5, 5.41) is 13.5.